The molecule has 3 N–H and O–H groups in total. The number of halogens is 2. The molecule has 0 aromatic heterocycles. The van der Waals surface area contributed by atoms with Crippen LogP contribution in [0.15, 0.2) is 23.4 Å². The first kappa shape index (κ1) is 12.9. The Morgan fingerprint density at radius 1 is 1.31 bits per heavy atom. The number of hydrogen-bond donors (Lipinski definition) is 2. The smallest absolute Gasteiger partial charge is 0.139 e. The lowest BCUT2D eigenvalue weighted by Crippen LogP contribution is -2.12. The Kier molecular flexibility index (Phi) is 5.22. The summed E-state index contributed by atoms with van der Waals surface area (Å²) in [6.45, 7) is 0.451. The van der Waals surface area contributed by atoms with Crippen LogP contribution in [0.5, 0.6) is 5.75 Å². The largest absolute Gasteiger partial charge is 0.493 e. The molecule has 1 rings (SSSR count). The molecule has 0 spiro atoms. The van der Waals surface area contributed by atoms with E-state index in [4.69, 9.17) is 38.9 Å². The van der Waals surface area contributed by atoms with Crippen LogP contribution in [-0.2, 0) is 0 Å². The third-order valence-corrected chi connectivity index (χ3v) is 2.25. The fraction of sp³-hybridized carbons (Fsp3) is 0.300. The first-order valence-corrected chi connectivity index (χ1v) is 5.42. The summed E-state index contributed by atoms with van der Waals surface area (Å²) in [5.74, 6) is 0.796. The first-order valence-electron chi connectivity index (χ1n) is 4.67. The second-order valence-electron chi connectivity index (χ2n) is 3.15. The molecule has 0 aliphatic heterocycles. The summed E-state index contributed by atoms with van der Waals surface area (Å²) in [5.41, 5.74) is 5.30. The summed E-state index contributed by atoms with van der Waals surface area (Å²) in [7, 11) is 0. The minimum atomic E-state index is 0.188. The van der Waals surface area contributed by atoms with Crippen molar-refractivity contribution in [2.75, 3.05) is 6.61 Å². The first-order chi connectivity index (χ1) is 7.61. The van der Waals surface area contributed by atoms with Crippen LogP contribution >= 0.6 is 23.2 Å². The third-order valence-electron chi connectivity index (χ3n) is 1.81. The van der Waals surface area contributed by atoms with Gasteiger partial charge in [-0.1, -0.05) is 28.4 Å². The lowest BCUT2D eigenvalue weighted by molar-refractivity contribution is 0.305. The topological polar surface area (TPSA) is 67.8 Å². The maximum Gasteiger partial charge on any atom is 0.139 e. The van der Waals surface area contributed by atoms with Crippen molar-refractivity contribution in [1.29, 1.82) is 0 Å². The van der Waals surface area contributed by atoms with Crippen LogP contribution in [0.3, 0.4) is 0 Å². The van der Waals surface area contributed by atoms with E-state index in [1.54, 1.807) is 18.2 Å². The molecule has 0 atom stereocenters. The highest BCUT2D eigenvalue weighted by Crippen LogP contribution is 2.24. The minimum absolute atomic E-state index is 0.188. The Bertz CT molecular complexity index is 363. The molecule has 0 fully saturated rings. The SMILES string of the molecule is N/C(CCCOc1cc(Cl)cc(Cl)c1)=N\O. The van der Waals surface area contributed by atoms with Gasteiger partial charge in [-0.15, -0.1) is 0 Å². The Balaban J connectivity index is 2.37. The van der Waals surface area contributed by atoms with Crippen LogP contribution in [0.2, 0.25) is 10.0 Å². The van der Waals surface area contributed by atoms with E-state index in [-0.39, 0.29) is 5.84 Å². The molecule has 0 radical (unpaired) electrons. The van der Waals surface area contributed by atoms with E-state index in [9.17, 15) is 0 Å². The summed E-state index contributed by atoms with van der Waals surface area (Å²) >= 11 is 11.6. The molecule has 88 valence electrons. The van der Waals surface area contributed by atoms with Crippen molar-refractivity contribution >= 4 is 29.0 Å². The van der Waals surface area contributed by atoms with Gasteiger partial charge in [-0.3, -0.25) is 0 Å². The van der Waals surface area contributed by atoms with Crippen LogP contribution in [-0.4, -0.2) is 17.6 Å². The molecule has 0 heterocycles. The van der Waals surface area contributed by atoms with Crippen molar-refractivity contribution < 1.29 is 9.94 Å². The Hall–Kier alpha value is -1.13. The lowest BCUT2D eigenvalue weighted by atomic mass is 10.3. The van der Waals surface area contributed by atoms with Crippen molar-refractivity contribution in [1.82, 2.24) is 0 Å². The molecule has 0 bridgehead atoms. The summed E-state index contributed by atoms with van der Waals surface area (Å²) in [6.07, 6.45) is 1.13. The van der Waals surface area contributed by atoms with Gasteiger partial charge in [0.2, 0.25) is 0 Å². The van der Waals surface area contributed by atoms with E-state index < -0.39 is 0 Å². The molecular weight excluding hydrogens is 251 g/mol. The van der Waals surface area contributed by atoms with E-state index in [1.165, 1.54) is 0 Å². The molecule has 6 heteroatoms. The van der Waals surface area contributed by atoms with E-state index in [0.717, 1.165) is 0 Å². The summed E-state index contributed by atoms with van der Waals surface area (Å²) in [5, 5.41) is 12.2. The van der Waals surface area contributed by atoms with Gasteiger partial charge in [-0.05, 0) is 24.6 Å². The molecular formula is C10H12Cl2N2O2. The minimum Gasteiger partial charge on any atom is -0.493 e. The fourth-order valence-corrected chi connectivity index (χ4v) is 1.61. The predicted molar refractivity (Wildman–Crippen MR) is 64.6 cm³/mol. The van der Waals surface area contributed by atoms with Gasteiger partial charge >= 0.3 is 0 Å². The monoisotopic (exact) mass is 262 g/mol. The van der Waals surface area contributed by atoms with Crippen molar-refractivity contribution in [3.05, 3.63) is 28.2 Å². The molecule has 0 amide bonds. The van der Waals surface area contributed by atoms with Crippen molar-refractivity contribution in [2.45, 2.75) is 12.8 Å². The molecule has 0 saturated carbocycles. The third kappa shape index (κ3) is 4.59. The van der Waals surface area contributed by atoms with Crippen LogP contribution in [0.1, 0.15) is 12.8 Å². The second kappa shape index (κ2) is 6.45. The van der Waals surface area contributed by atoms with Crippen LogP contribution in [0, 0.1) is 0 Å². The summed E-state index contributed by atoms with van der Waals surface area (Å²) < 4.78 is 5.40. The van der Waals surface area contributed by atoms with Gasteiger partial charge in [0.05, 0.1) is 6.61 Å². The van der Waals surface area contributed by atoms with Gasteiger partial charge < -0.3 is 15.7 Å². The van der Waals surface area contributed by atoms with Crippen LogP contribution in [0.4, 0.5) is 0 Å². The maximum atomic E-state index is 8.31. The van der Waals surface area contributed by atoms with Crippen molar-refractivity contribution in [3.8, 4) is 5.75 Å². The highest BCUT2D eigenvalue weighted by atomic mass is 35.5. The Morgan fingerprint density at radius 2 is 1.94 bits per heavy atom. The molecule has 1 aromatic carbocycles. The standard InChI is InChI=1S/C10H12Cl2N2O2/c11-7-4-8(12)6-9(5-7)16-3-1-2-10(13)14-15/h4-6,15H,1-3H2,(H2,13,14). The normalized spacial score (nSPS) is 11.5. The number of ether oxygens (including phenoxy) is 1. The van der Waals surface area contributed by atoms with Gasteiger partial charge in [0.15, 0.2) is 0 Å². The number of nitrogens with zero attached hydrogens (tertiary/aromatic N) is 1. The number of benzene rings is 1. The van der Waals surface area contributed by atoms with Gasteiger partial charge in [0, 0.05) is 16.5 Å². The molecule has 0 aliphatic rings. The van der Waals surface area contributed by atoms with Crippen molar-refractivity contribution in [2.24, 2.45) is 10.9 Å². The Labute approximate surface area is 104 Å². The molecule has 0 saturated heterocycles. The second-order valence-corrected chi connectivity index (χ2v) is 4.02. The zero-order chi connectivity index (χ0) is 12.0. The number of rotatable bonds is 5. The van der Waals surface area contributed by atoms with E-state index in [2.05, 4.69) is 5.16 Å². The van der Waals surface area contributed by atoms with Crippen LogP contribution < -0.4 is 10.5 Å². The molecule has 0 unspecified atom stereocenters. The molecule has 16 heavy (non-hydrogen) atoms. The average Bonchev–Trinajstić information content (AvgIpc) is 2.22. The Morgan fingerprint density at radius 3 is 2.50 bits per heavy atom. The van der Waals surface area contributed by atoms with Gasteiger partial charge in [-0.25, -0.2) is 0 Å². The number of oxime groups is 1. The van der Waals surface area contributed by atoms with E-state index in [0.29, 0.717) is 35.2 Å². The predicted octanol–water partition coefficient (Wildman–Crippen LogP) is 2.90. The highest BCUT2D eigenvalue weighted by Gasteiger charge is 1.99. The van der Waals surface area contributed by atoms with Crippen LogP contribution in [0.25, 0.3) is 0 Å². The van der Waals surface area contributed by atoms with E-state index in [1.807, 2.05) is 0 Å². The zero-order valence-corrected chi connectivity index (χ0v) is 10.0. The van der Waals surface area contributed by atoms with Gasteiger partial charge in [-0.2, -0.15) is 0 Å². The fourth-order valence-electron chi connectivity index (χ4n) is 1.11. The number of hydrogen-bond acceptors (Lipinski definition) is 3. The molecule has 0 aliphatic carbocycles. The van der Waals surface area contributed by atoms with E-state index >= 15 is 0 Å². The maximum absolute atomic E-state index is 8.31. The van der Waals surface area contributed by atoms with Gasteiger partial charge in [0.1, 0.15) is 11.6 Å². The quantitative estimate of drug-likeness (QED) is 0.282. The molecule has 4 nitrogen and oxygen atoms in total. The molecule has 1 aromatic rings. The van der Waals surface area contributed by atoms with Crippen molar-refractivity contribution in [3.63, 3.8) is 0 Å². The highest BCUT2D eigenvalue weighted by molar-refractivity contribution is 6.34. The van der Waals surface area contributed by atoms with Gasteiger partial charge in [0.25, 0.3) is 0 Å². The number of nitrogens with two attached hydrogens (primary N) is 1. The summed E-state index contributed by atoms with van der Waals surface area (Å²) in [6, 6.07) is 4.99. The lowest BCUT2D eigenvalue weighted by Gasteiger charge is -2.06. The average molecular weight is 263 g/mol. The number of amidine groups is 1. The summed E-state index contributed by atoms with van der Waals surface area (Å²) in [4.78, 5) is 0. The zero-order valence-electron chi connectivity index (χ0n) is 8.49.